The minimum Gasteiger partial charge on any atom is -0.468 e. The summed E-state index contributed by atoms with van der Waals surface area (Å²) in [6.07, 6.45) is 0. The van der Waals surface area contributed by atoms with Gasteiger partial charge in [0.05, 0.1) is 11.4 Å². The van der Waals surface area contributed by atoms with Crippen molar-refractivity contribution in [3.8, 4) is 11.1 Å². The van der Waals surface area contributed by atoms with Crippen LogP contribution < -0.4 is 21.7 Å². The quantitative estimate of drug-likeness (QED) is 0.248. The topological polar surface area (TPSA) is 29.5 Å². The summed E-state index contributed by atoms with van der Waals surface area (Å²) in [7, 11) is 0. The van der Waals surface area contributed by atoms with E-state index in [2.05, 4.69) is 102 Å². The Bertz CT molecular complexity index is 1840. The van der Waals surface area contributed by atoms with Crippen molar-refractivity contribution in [3.05, 3.63) is 133 Å². The maximum absolute atomic E-state index is 6.65. The monoisotopic (exact) mass is 487 g/mol. The van der Waals surface area contributed by atoms with E-state index in [-0.39, 0.29) is 6.71 Å². The van der Waals surface area contributed by atoms with Gasteiger partial charge in [-0.15, -0.1) is 0 Å². The Kier molecular flexibility index (Phi) is 4.62. The highest BCUT2D eigenvalue weighted by molar-refractivity contribution is 6.97. The lowest BCUT2D eigenvalue weighted by Gasteiger charge is -2.31. The number of fused-ring (bicyclic) bond motifs is 6. The summed E-state index contributed by atoms with van der Waals surface area (Å²) in [4.78, 5) is 2.33. The summed E-state index contributed by atoms with van der Waals surface area (Å²) in [5, 5.41) is 2.18. The first-order chi connectivity index (χ1) is 18.9. The molecule has 2 aromatic heterocycles. The maximum atomic E-state index is 6.65. The van der Waals surface area contributed by atoms with Gasteiger partial charge in [-0.2, -0.15) is 0 Å². The van der Waals surface area contributed by atoms with Gasteiger partial charge < -0.3 is 13.7 Å². The van der Waals surface area contributed by atoms with Gasteiger partial charge in [0.1, 0.15) is 22.5 Å². The minimum atomic E-state index is -0.152. The molecule has 0 aliphatic carbocycles. The third-order valence-electron chi connectivity index (χ3n) is 7.53. The molecule has 0 fully saturated rings. The van der Waals surface area contributed by atoms with Crippen LogP contribution in [0, 0.1) is 0 Å². The minimum absolute atomic E-state index is 0.152. The summed E-state index contributed by atoms with van der Waals surface area (Å²) in [5.74, 6) is 0. The molecule has 3 heterocycles. The van der Waals surface area contributed by atoms with Crippen LogP contribution in [0.3, 0.4) is 0 Å². The van der Waals surface area contributed by atoms with Crippen LogP contribution in [-0.2, 0) is 0 Å². The average Bonchev–Trinajstić information content (AvgIpc) is 3.56. The second-order valence-electron chi connectivity index (χ2n) is 9.71. The van der Waals surface area contributed by atoms with Crippen molar-refractivity contribution in [2.24, 2.45) is 0 Å². The number of rotatable bonds is 3. The van der Waals surface area contributed by atoms with Crippen LogP contribution in [0.5, 0.6) is 0 Å². The number of anilines is 3. The van der Waals surface area contributed by atoms with Crippen molar-refractivity contribution in [2.75, 3.05) is 4.90 Å². The lowest BCUT2D eigenvalue weighted by molar-refractivity contribution is 0.636. The molecule has 0 unspecified atom stereocenters. The molecule has 1 aliphatic heterocycles. The fourth-order valence-electron chi connectivity index (χ4n) is 5.83. The van der Waals surface area contributed by atoms with Crippen LogP contribution in [-0.4, -0.2) is 6.71 Å². The molecule has 178 valence electrons. The second kappa shape index (κ2) is 8.29. The maximum Gasteiger partial charge on any atom is 0.338 e. The molecule has 0 amide bonds. The Morgan fingerprint density at radius 3 is 1.50 bits per heavy atom. The highest BCUT2D eigenvalue weighted by Crippen LogP contribution is 2.45. The van der Waals surface area contributed by atoms with E-state index in [1.54, 1.807) is 0 Å². The van der Waals surface area contributed by atoms with E-state index in [4.69, 9.17) is 8.83 Å². The van der Waals surface area contributed by atoms with E-state index >= 15 is 0 Å². The zero-order valence-corrected chi connectivity index (χ0v) is 20.5. The van der Waals surface area contributed by atoms with Crippen LogP contribution in [0.4, 0.5) is 17.1 Å². The first-order valence-corrected chi connectivity index (χ1v) is 12.9. The molecular weight excluding hydrogens is 465 g/mol. The molecule has 0 radical (unpaired) electrons. The number of hydrogen-bond donors (Lipinski definition) is 0. The van der Waals surface area contributed by atoms with Crippen molar-refractivity contribution in [1.82, 2.24) is 0 Å². The van der Waals surface area contributed by atoms with Gasteiger partial charge in [0.25, 0.3) is 0 Å². The van der Waals surface area contributed by atoms with Gasteiger partial charge in [-0.25, -0.2) is 0 Å². The van der Waals surface area contributed by atoms with Crippen molar-refractivity contribution in [2.45, 2.75) is 0 Å². The molecule has 0 N–H and O–H groups in total. The van der Waals surface area contributed by atoms with Crippen LogP contribution in [0.25, 0.3) is 33.1 Å². The molecule has 0 atom stereocenters. The smallest absolute Gasteiger partial charge is 0.338 e. The number of furan rings is 2. The van der Waals surface area contributed by atoms with Crippen LogP contribution in [0.2, 0.25) is 0 Å². The standard InChI is InChI=1S/C34H22BNO2/c1-3-11-23(12-4-1)24-19-21-26(22-20-24)36-31-27-15-7-9-17-29(27)37-33(31)35(25-13-5-2-6-14-25)34-32(36)28-16-8-10-18-30(28)38-34/h1-22H. The predicted molar refractivity (Wildman–Crippen MR) is 157 cm³/mol. The molecule has 0 spiro atoms. The average molecular weight is 487 g/mol. The van der Waals surface area contributed by atoms with E-state index in [1.807, 2.05) is 36.4 Å². The molecule has 4 heteroatoms. The van der Waals surface area contributed by atoms with E-state index in [1.165, 1.54) is 11.1 Å². The Balaban J connectivity index is 1.43. The highest BCUT2D eigenvalue weighted by atomic mass is 16.4. The predicted octanol–water partition coefficient (Wildman–Crippen LogP) is 7.15. The zero-order chi connectivity index (χ0) is 25.1. The van der Waals surface area contributed by atoms with E-state index in [0.29, 0.717) is 0 Å². The largest absolute Gasteiger partial charge is 0.468 e. The Morgan fingerprint density at radius 2 is 0.921 bits per heavy atom. The third kappa shape index (κ3) is 3.10. The molecule has 5 aromatic carbocycles. The molecular formula is C34H22BNO2. The van der Waals surface area contributed by atoms with Crippen molar-refractivity contribution in [3.63, 3.8) is 0 Å². The van der Waals surface area contributed by atoms with Gasteiger partial charge >= 0.3 is 6.71 Å². The Morgan fingerprint density at radius 1 is 0.447 bits per heavy atom. The first-order valence-electron chi connectivity index (χ1n) is 12.9. The fourth-order valence-corrected chi connectivity index (χ4v) is 5.83. The highest BCUT2D eigenvalue weighted by Gasteiger charge is 2.44. The summed E-state index contributed by atoms with van der Waals surface area (Å²) < 4.78 is 13.3. The normalized spacial score (nSPS) is 12.6. The molecule has 7 aromatic rings. The van der Waals surface area contributed by atoms with Crippen LogP contribution >= 0.6 is 0 Å². The fraction of sp³-hybridized carbons (Fsp3) is 0. The molecule has 0 saturated heterocycles. The van der Waals surface area contributed by atoms with Gasteiger partial charge in [-0.1, -0.05) is 103 Å². The van der Waals surface area contributed by atoms with Gasteiger partial charge in [-0.05, 0) is 47.5 Å². The number of para-hydroxylation sites is 2. The third-order valence-corrected chi connectivity index (χ3v) is 7.53. The Hall–Kier alpha value is -4.96. The van der Waals surface area contributed by atoms with E-state index in [9.17, 15) is 0 Å². The summed E-state index contributed by atoms with van der Waals surface area (Å²) in [5.41, 5.74) is 10.3. The molecule has 1 aliphatic rings. The summed E-state index contributed by atoms with van der Waals surface area (Å²) in [6, 6.07) is 46.4. The van der Waals surface area contributed by atoms with Gasteiger partial charge in [0, 0.05) is 16.5 Å². The summed E-state index contributed by atoms with van der Waals surface area (Å²) in [6.45, 7) is -0.152. The van der Waals surface area contributed by atoms with E-state index in [0.717, 1.165) is 55.8 Å². The number of benzene rings is 5. The molecule has 8 rings (SSSR count). The lowest BCUT2D eigenvalue weighted by Crippen LogP contribution is -2.56. The van der Waals surface area contributed by atoms with E-state index < -0.39 is 0 Å². The molecule has 0 bridgehead atoms. The van der Waals surface area contributed by atoms with Crippen LogP contribution in [0.1, 0.15) is 0 Å². The molecule has 0 saturated carbocycles. The van der Waals surface area contributed by atoms with Crippen molar-refractivity contribution < 1.29 is 8.83 Å². The molecule has 38 heavy (non-hydrogen) atoms. The van der Waals surface area contributed by atoms with Gasteiger partial charge in [0.2, 0.25) is 0 Å². The van der Waals surface area contributed by atoms with Gasteiger partial charge in [-0.3, -0.25) is 0 Å². The van der Waals surface area contributed by atoms with Crippen molar-refractivity contribution >= 4 is 62.5 Å². The SMILES string of the molecule is c1ccc(B2c3oc4ccccc4c3N(c3ccc(-c4ccccc4)cc3)c3c2oc2ccccc32)cc1. The first kappa shape index (κ1) is 21.2. The number of hydrogen-bond acceptors (Lipinski definition) is 3. The van der Waals surface area contributed by atoms with Gasteiger partial charge in [0.15, 0.2) is 0 Å². The van der Waals surface area contributed by atoms with Crippen molar-refractivity contribution in [1.29, 1.82) is 0 Å². The Labute approximate surface area is 220 Å². The zero-order valence-electron chi connectivity index (χ0n) is 20.5. The van der Waals surface area contributed by atoms with Crippen LogP contribution in [0.15, 0.2) is 142 Å². The summed E-state index contributed by atoms with van der Waals surface area (Å²) >= 11 is 0. The lowest BCUT2D eigenvalue weighted by atomic mass is 9.39. The second-order valence-corrected chi connectivity index (χ2v) is 9.71. The number of nitrogens with zero attached hydrogens (tertiary/aromatic N) is 1. The molecule has 3 nitrogen and oxygen atoms in total.